The van der Waals surface area contributed by atoms with E-state index >= 15 is 0 Å². The number of benzene rings is 1. The lowest BCUT2D eigenvalue weighted by Crippen LogP contribution is -2.50. The van der Waals surface area contributed by atoms with Crippen LogP contribution in [-0.4, -0.2) is 75.4 Å². The van der Waals surface area contributed by atoms with Crippen molar-refractivity contribution in [2.24, 2.45) is 7.05 Å². The third-order valence-corrected chi connectivity index (χ3v) is 5.59. The van der Waals surface area contributed by atoms with E-state index in [1.54, 1.807) is 23.8 Å². The average molecular weight is 389 g/mol. The number of piperazine rings is 1. The molecule has 3 rings (SSSR count). The molecular formula is C18H23N5O3S. The van der Waals surface area contributed by atoms with E-state index in [9.17, 15) is 9.59 Å². The van der Waals surface area contributed by atoms with Crippen LogP contribution in [0.15, 0.2) is 29.4 Å². The molecule has 1 fully saturated rings. The fraction of sp³-hybridized carbons (Fsp3) is 0.444. The Bertz CT molecular complexity index is 813. The number of thioether (sulfide) groups is 1. The van der Waals surface area contributed by atoms with Gasteiger partial charge in [0.05, 0.1) is 12.9 Å². The topological polar surface area (TPSA) is 80.6 Å². The first-order valence-electron chi connectivity index (χ1n) is 8.69. The number of carbonyl (C=O) groups excluding carboxylic acids is 2. The molecule has 0 radical (unpaired) electrons. The van der Waals surface area contributed by atoms with Crippen LogP contribution in [0.1, 0.15) is 6.92 Å². The highest BCUT2D eigenvalue weighted by Gasteiger charge is 2.23. The number of ether oxygens (including phenoxy) is 1. The third-order valence-electron chi connectivity index (χ3n) is 4.59. The van der Waals surface area contributed by atoms with Gasteiger partial charge in [-0.3, -0.25) is 9.59 Å². The predicted octanol–water partition coefficient (Wildman–Crippen LogP) is 1.27. The van der Waals surface area contributed by atoms with Crippen LogP contribution < -0.4 is 4.74 Å². The molecule has 0 bridgehead atoms. The lowest BCUT2D eigenvalue weighted by Gasteiger charge is -2.34. The van der Waals surface area contributed by atoms with E-state index in [2.05, 4.69) is 10.2 Å². The summed E-state index contributed by atoms with van der Waals surface area (Å²) in [5.74, 6) is 1.93. The summed E-state index contributed by atoms with van der Waals surface area (Å²) in [5, 5.41) is 9.14. The molecular weight excluding hydrogens is 366 g/mol. The average Bonchev–Trinajstić information content (AvgIpc) is 3.06. The fourth-order valence-electron chi connectivity index (χ4n) is 2.92. The van der Waals surface area contributed by atoms with Crippen molar-refractivity contribution in [1.82, 2.24) is 24.6 Å². The van der Waals surface area contributed by atoms with Crippen molar-refractivity contribution >= 4 is 23.6 Å². The van der Waals surface area contributed by atoms with Gasteiger partial charge in [-0.25, -0.2) is 0 Å². The van der Waals surface area contributed by atoms with Crippen molar-refractivity contribution in [1.29, 1.82) is 0 Å². The molecule has 1 aromatic heterocycles. The third kappa shape index (κ3) is 4.41. The number of aromatic nitrogens is 3. The Morgan fingerprint density at radius 3 is 2.30 bits per heavy atom. The maximum atomic E-state index is 12.4. The SMILES string of the molecule is COc1ccc(-c2nnc(SCC(=O)N3CCN(C(C)=O)CC3)n2C)cc1. The van der Waals surface area contributed by atoms with Crippen LogP contribution in [0.2, 0.25) is 0 Å². The monoisotopic (exact) mass is 389 g/mol. The highest BCUT2D eigenvalue weighted by Crippen LogP contribution is 2.24. The summed E-state index contributed by atoms with van der Waals surface area (Å²) in [5.41, 5.74) is 0.935. The largest absolute Gasteiger partial charge is 0.497 e. The summed E-state index contributed by atoms with van der Waals surface area (Å²) in [4.78, 5) is 27.4. The quantitative estimate of drug-likeness (QED) is 0.717. The predicted molar refractivity (Wildman–Crippen MR) is 103 cm³/mol. The number of carbonyl (C=O) groups is 2. The minimum absolute atomic E-state index is 0.0530. The molecule has 144 valence electrons. The Kier molecular flexibility index (Phi) is 6.00. The molecule has 0 atom stereocenters. The van der Waals surface area contributed by atoms with E-state index in [0.29, 0.717) is 37.1 Å². The number of hydrogen-bond donors (Lipinski definition) is 0. The second-order valence-corrected chi connectivity index (χ2v) is 7.21. The number of hydrogen-bond acceptors (Lipinski definition) is 6. The molecule has 27 heavy (non-hydrogen) atoms. The number of amides is 2. The van der Waals surface area contributed by atoms with E-state index in [1.807, 2.05) is 35.9 Å². The Hall–Kier alpha value is -2.55. The minimum Gasteiger partial charge on any atom is -0.497 e. The van der Waals surface area contributed by atoms with Crippen LogP contribution in [-0.2, 0) is 16.6 Å². The molecule has 2 amide bonds. The number of rotatable bonds is 5. The molecule has 9 heteroatoms. The Balaban J connectivity index is 1.58. The molecule has 2 heterocycles. The molecule has 0 N–H and O–H groups in total. The van der Waals surface area contributed by atoms with Gasteiger partial charge in [-0.15, -0.1) is 10.2 Å². The van der Waals surface area contributed by atoms with Crippen molar-refractivity contribution in [3.05, 3.63) is 24.3 Å². The molecule has 0 aliphatic carbocycles. The first-order chi connectivity index (χ1) is 13.0. The van der Waals surface area contributed by atoms with Gasteiger partial charge in [-0.05, 0) is 24.3 Å². The van der Waals surface area contributed by atoms with Crippen LogP contribution >= 0.6 is 11.8 Å². The second-order valence-electron chi connectivity index (χ2n) is 6.27. The highest BCUT2D eigenvalue weighted by atomic mass is 32.2. The lowest BCUT2D eigenvalue weighted by atomic mass is 10.2. The van der Waals surface area contributed by atoms with Crippen LogP contribution in [0.5, 0.6) is 5.75 Å². The summed E-state index contributed by atoms with van der Waals surface area (Å²) >= 11 is 1.37. The standard InChI is InChI=1S/C18H23N5O3S/c1-13(24)22-8-10-23(11-9-22)16(25)12-27-18-20-19-17(21(18)2)14-4-6-15(26-3)7-5-14/h4-7H,8-12H2,1-3H3. The van der Waals surface area contributed by atoms with Crippen LogP contribution in [0, 0.1) is 0 Å². The van der Waals surface area contributed by atoms with Crippen LogP contribution in [0.25, 0.3) is 11.4 Å². The normalized spacial score (nSPS) is 14.3. The van der Waals surface area contributed by atoms with Gasteiger partial charge in [0, 0.05) is 45.7 Å². The first kappa shape index (κ1) is 19.2. The van der Waals surface area contributed by atoms with Gasteiger partial charge in [0.25, 0.3) is 0 Å². The maximum absolute atomic E-state index is 12.4. The zero-order chi connectivity index (χ0) is 19.4. The maximum Gasteiger partial charge on any atom is 0.233 e. The Morgan fingerprint density at radius 1 is 1.07 bits per heavy atom. The van der Waals surface area contributed by atoms with Gasteiger partial charge in [-0.1, -0.05) is 11.8 Å². The molecule has 1 aliphatic rings. The van der Waals surface area contributed by atoms with Crippen molar-refractivity contribution in [3.8, 4) is 17.1 Å². The summed E-state index contributed by atoms with van der Waals surface area (Å²) in [7, 11) is 3.51. The Labute approximate surface area is 162 Å². The number of nitrogens with zero attached hydrogens (tertiary/aromatic N) is 5. The van der Waals surface area contributed by atoms with Crippen molar-refractivity contribution < 1.29 is 14.3 Å². The molecule has 0 saturated carbocycles. The molecule has 1 saturated heterocycles. The van der Waals surface area contributed by atoms with Crippen molar-refractivity contribution in [2.75, 3.05) is 39.0 Å². The smallest absolute Gasteiger partial charge is 0.233 e. The molecule has 1 aromatic carbocycles. The van der Waals surface area contributed by atoms with Gasteiger partial charge in [0.2, 0.25) is 11.8 Å². The van der Waals surface area contributed by atoms with Crippen LogP contribution in [0.4, 0.5) is 0 Å². The molecule has 2 aromatic rings. The fourth-order valence-corrected chi connectivity index (χ4v) is 3.73. The van der Waals surface area contributed by atoms with Gasteiger partial charge in [-0.2, -0.15) is 0 Å². The van der Waals surface area contributed by atoms with Gasteiger partial charge >= 0.3 is 0 Å². The van der Waals surface area contributed by atoms with E-state index in [1.165, 1.54) is 11.8 Å². The molecule has 8 nitrogen and oxygen atoms in total. The highest BCUT2D eigenvalue weighted by molar-refractivity contribution is 7.99. The molecule has 0 spiro atoms. The van der Waals surface area contributed by atoms with E-state index in [0.717, 1.165) is 17.1 Å². The molecule has 1 aliphatic heterocycles. The van der Waals surface area contributed by atoms with E-state index in [-0.39, 0.29) is 11.8 Å². The summed E-state index contributed by atoms with van der Waals surface area (Å²) in [6, 6.07) is 7.61. The first-order valence-corrected chi connectivity index (χ1v) is 9.68. The van der Waals surface area contributed by atoms with Gasteiger partial charge in [0.1, 0.15) is 5.75 Å². The second kappa shape index (κ2) is 8.43. The minimum atomic E-state index is 0.0530. The van der Waals surface area contributed by atoms with E-state index < -0.39 is 0 Å². The zero-order valence-corrected chi connectivity index (χ0v) is 16.5. The zero-order valence-electron chi connectivity index (χ0n) is 15.7. The number of methoxy groups -OCH3 is 1. The summed E-state index contributed by atoms with van der Waals surface area (Å²) < 4.78 is 7.05. The summed E-state index contributed by atoms with van der Waals surface area (Å²) in [6.07, 6.45) is 0. The van der Waals surface area contributed by atoms with Crippen LogP contribution in [0.3, 0.4) is 0 Å². The lowest BCUT2D eigenvalue weighted by molar-refractivity contribution is -0.136. The Morgan fingerprint density at radius 2 is 1.70 bits per heavy atom. The van der Waals surface area contributed by atoms with Gasteiger partial charge < -0.3 is 19.1 Å². The van der Waals surface area contributed by atoms with Crippen molar-refractivity contribution in [2.45, 2.75) is 12.1 Å². The summed E-state index contributed by atoms with van der Waals surface area (Å²) in [6.45, 7) is 3.90. The van der Waals surface area contributed by atoms with Crippen molar-refractivity contribution in [3.63, 3.8) is 0 Å². The van der Waals surface area contributed by atoms with E-state index in [4.69, 9.17) is 4.74 Å². The molecule has 0 unspecified atom stereocenters. The van der Waals surface area contributed by atoms with Gasteiger partial charge in [0.15, 0.2) is 11.0 Å².